The molecule has 0 unspecified atom stereocenters. The predicted octanol–water partition coefficient (Wildman–Crippen LogP) is 4.25. The molecule has 6 heteroatoms. The molecule has 0 saturated heterocycles. The quantitative estimate of drug-likeness (QED) is 0.566. The van der Waals surface area contributed by atoms with Gasteiger partial charge < -0.3 is 19.9 Å². The third-order valence-electron chi connectivity index (χ3n) is 6.01. The molecule has 1 heterocycles. The Hall–Kier alpha value is -2.70. The second kappa shape index (κ2) is 7.85. The molecule has 3 N–H and O–H groups in total. The van der Waals surface area contributed by atoms with Crippen LogP contribution in [0.4, 0.5) is 4.39 Å². The van der Waals surface area contributed by atoms with Crippen LogP contribution in [0.3, 0.4) is 0 Å². The van der Waals surface area contributed by atoms with Crippen molar-refractivity contribution in [3.05, 3.63) is 59.5 Å². The van der Waals surface area contributed by atoms with Crippen LogP contribution in [0.2, 0.25) is 0 Å². The summed E-state index contributed by atoms with van der Waals surface area (Å²) in [6.07, 6.45) is -2.18. The van der Waals surface area contributed by atoms with Gasteiger partial charge in [0.1, 0.15) is 5.82 Å². The Labute approximate surface area is 174 Å². The van der Waals surface area contributed by atoms with E-state index in [-0.39, 0.29) is 18.3 Å². The standard InChI is InChI=1S/C24H26FNO4/c1-13(2)26-20-6-4-3-5-17(20)24-16-8-7-14(25)9-18(16)19(12-21(24)26)22(28)10-15(27)11-23(29)30/h3-9,13,15,19,22,27-28H,10-12H2,1-2H3,(H,29,30)/t15-,19-,22+/m1/s1. The Balaban J connectivity index is 1.85. The van der Waals surface area contributed by atoms with Crippen LogP contribution in [0.15, 0.2) is 42.5 Å². The number of fused-ring (bicyclic) bond motifs is 5. The summed E-state index contributed by atoms with van der Waals surface area (Å²) in [6, 6.07) is 12.9. The van der Waals surface area contributed by atoms with Crippen LogP contribution in [-0.2, 0) is 11.2 Å². The lowest BCUT2D eigenvalue weighted by Gasteiger charge is -2.32. The first-order valence-electron chi connectivity index (χ1n) is 10.3. The van der Waals surface area contributed by atoms with E-state index < -0.39 is 30.5 Å². The zero-order chi connectivity index (χ0) is 21.6. The summed E-state index contributed by atoms with van der Waals surface area (Å²) in [5.74, 6) is -1.94. The van der Waals surface area contributed by atoms with Crippen molar-refractivity contribution >= 4 is 16.9 Å². The fourth-order valence-electron chi connectivity index (χ4n) is 4.86. The molecule has 3 aromatic rings. The van der Waals surface area contributed by atoms with Gasteiger partial charge in [-0.25, -0.2) is 4.39 Å². The van der Waals surface area contributed by atoms with E-state index in [9.17, 15) is 19.4 Å². The largest absolute Gasteiger partial charge is 0.481 e. The average molecular weight is 411 g/mol. The fraction of sp³-hybridized carbons (Fsp3) is 0.375. The maximum absolute atomic E-state index is 14.2. The molecular formula is C24H26FNO4. The number of carboxylic acids is 1. The molecule has 0 fully saturated rings. The van der Waals surface area contributed by atoms with E-state index in [1.54, 1.807) is 6.07 Å². The number of rotatable bonds is 6. The molecule has 0 saturated carbocycles. The highest BCUT2D eigenvalue weighted by atomic mass is 19.1. The van der Waals surface area contributed by atoms with E-state index in [1.165, 1.54) is 12.1 Å². The van der Waals surface area contributed by atoms with Crippen LogP contribution in [0, 0.1) is 5.82 Å². The van der Waals surface area contributed by atoms with Gasteiger partial charge >= 0.3 is 5.97 Å². The number of halogens is 1. The maximum Gasteiger partial charge on any atom is 0.305 e. The number of carbonyl (C=O) groups is 1. The molecule has 0 radical (unpaired) electrons. The van der Waals surface area contributed by atoms with E-state index in [0.29, 0.717) is 12.0 Å². The first-order valence-corrected chi connectivity index (χ1v) is 10.3. The minimum absolute atomic E-state index is 0.0792. The highest BCUT2D eigenvalue weighted by molar-refractivity contribution is 6.00. The van der Waals surface area contributed by atoms with Crippen molar-refractivity contribution < 1.29 is 24.5 Å². The predicted molar refractivity (Wildman–Crippen MR) is 113 cm³/mol. The molecule has 0 aliphatic heterocycles. The van der Waals surface area contributed by atoms with Gasteiger partial charge in [-0.05, 0) is 49.6 Å². The first-order chi connectivity index (χ1) is 14.3. The van der Waals surface area contributed by atoms with E-state index in [2.05, 4.69) is 30.5 Å². The van der Waals surface area contributed by atoms with Crippen molar-refractivity contribution in [2.75, 3.05) is 0 Å². The lowest BCUT2D eigenvalue weighted by molar-refractivity contribution is -0.139. The third-order valence-corrected chi connectivity index (χ3v) is 6.01. The first kappa shape index (κ1) is 20.6. The second-order valence-electron chi connectivity index (χ2n) is 8.40. The number of hydrogen-bond acceptors (Lipinski definition) is 3. The Bertz CT molecular complexity index is 1100. The van der Waals surface area contributed by atoms with Gasteiger partial charge in [0.05, 0.1) is 18.6 Å². The van der Waals surface area contributed by atoms with Crippen LogP contribution in [0.25, 0.3) is 22.0 Å². The Morgan fingerprint density at radius 1 is 1.20 bits per heavy atom. The molecule has 0 bridgehead atoms. The molecule has 1 aromatic heterocycles. The van der Waals surface area contributed by atoms with Crippen molar-refractivity contribution in [2.24, 2.45) is 0 Å². The number of aliphatic carboxylic acids is 1. The van der Waals surface area contributed by atoms with Gasteiger partial charge in [0, 0.05) is 40.5 Å². The van der Waals surface area contributed by atoms with Gasteiger partial charge in [-0.3, -0.25) is 4.79 Å². The number of aromatic nitrogens is 1. The molecule has 1 aliphatic rings. The Morgan fingerprint density at radius 3 is 2.63 bits per heavy atom. The lowest BCUT2D eigenvalue weighted by Crippen LogP contribution is -2.30. The number of carboxylic acid groups (broad SMARTS) is 1. The van der Waals surface area contributed by atoms with Crippen molar-refractivity contribution in [2.45, 2.75) is 57.3 Å². The summed E-state index contributed by atoms with van der Waals surface area (Å²) in [4.78, 5) is 10.9. The summed E-state index contributed by atoms with van der Waals surface area (Å²) < 4.78 is 16.4. The third kappa shape index (κ3) is 3.50. The van der Waals surface area contributed by atoms with Gasteiger partial charge in [-0.15, -0.1) is 0 Å². The van der Waals surface area contributed by atoms with Crippen LogP contribution in [-0.4, -0.2) is 38.1 Å². The molecular weight excluding hydrogens is 385 g/mol. The number of hydrogen-bond donors (Lipinski definition) is 3. The van der Waals surface area contributed by atoms with Crippen molar-refractivity contribution in [1.82, 2.24) is 4.57 Å². The van der Waals surface area contributed by atoms with Crippen LogP contribution < -0.4 is 0 Å². The summed E-state index contributed by atoms with van der Waals surface area (Å²) >= 11 is 0. The van der Waals surface area contributed by atoms with Crippen LogP contribution >= 0.6 is 0 Å². The summed E-state index contributed by atoms with van der Waals surface area (Å²) in [6.45, 7) is 4.21. The fourth-order valence-corrected chi connectivity index (χ4v) is 4.86. The topological polar surface area (TPSA) is 82.7 Å². The van der Waals surface area contributed by atoms with Crippen LogP contribution in [0.5, 0.6) is 0 Å². The van der Waals surface area contributed by atoms with Crippen LogP contribution in [0.1, 0.15) is 49.9 Å². The number of para-hydroxylation sites is 1. The number of aliphatic hydroxyl groups excluding tert-OH is 2. The van der Waals surface area contributed by atoms with Gasteiger partial charge in [0.25, 0.3) is 0 Å². The van der Waals surface area contributed by atoms with Crippen molar-refractivity contribution in [3.8, 4) is 11.1 Å². The van der Waals surface area contributed by atoms with E-state index in [1.807, 2.05) is 12.1 Å². The van der Waals surface area contributed by atoms with E-state index >= 15 is 0 Å². The SMILES string of the molecule is CC(C)n1c2c(c3ccccc31)-c1ccc(F)cc1[C@H]([C@@H](O)C[C@@H](O)CC(=O)O)C2. The van der Waals surface area contributed by atoms with E-state index in [4.69, 9.17) is 5.11 Å². The summed E-state index contributed by atoms with van der Waals surface area (Å²) in [7, 11) is 0. The molecule has 1 aliphatic carbocycles. The highest BCUT2D eigenvalue weighted by Gasteiger charge is 2.35. The number of benzene rings is 2. The summed E-state index contributed by atoms with van der Waals surface area (Å²) in [5, 5.41) is 31.0. The van der Waals surface area contributed by atoms with Gasteiger partial charge in [-0.1, -0.05) is 24.3 Å². The maximum atomic E-state index is 14.2. The molecule has 5 nitrogen and oxygen atoms in total. The molecule has 0 spiro atoms. The van der Waals surface area contributed by atoms with Crippen molar-refractivity contribution in [1.29, 1.82) is 0 Å². The second-order valence-corrected chi connectivity index (χ2v) is 8.40. The summed E-state index contributed by atoms with van der Waals surface area (Å²) in [5.41, 5.74) is 4.80. The normalized spacial score (nSPS) is 17.6. The van der Waals surface area contributed by atoms with E-state index in [0.717, 1.165) is 27.7 Å². The number of aliphatic hydroxyl groups is 2. The molecule has 0 amide bonds. The molecule has 4 rings (SSSR count). The number of nitrogens with zero attached hydrogens (tertiary/aromatic N) is 1. The lowest BCUT2D eigenvalue weighted by atomic mass is 9.77. The Kier molecular flexibility index (Phi) is 5.38. The smallest absolute Gasteiger partial charge is 0.305 e. The monoisotopic (exact) mass is 411 g/mol. The van der Waals surface area contributed by atoms with Gasteiger partial charge in [-0.2, -0.15) is 0 Å². The molecule has 30 heavy (non-hydrogen) atoms. The molecule has 3 atom stereocenters. The zero-order valence-corrected chi connectivity index (χ0v) is 17.0. The average Bonchev–Trinajstić information content (AvgIpc) is 3.00. The Morgan fingerprint density at radius 2 is 1.93 bits per heavy atom. The minimum atomic E-state index is -1.16. The van der Waals surface area contributed by atoms with Gasteiger partial charge in [0.15, 0.2) is 0 Å². The van der Waals surface area contributed by atoms with Gasteiger partial charge in [0.2, 0.25) is 0 Å². The minimum Gasteiger partial charge on any atom is -0.481 e. The molecule has 2 aromatic carbocycles. The highest BCUT2D eigenvalue weighted by Crippen LogP contribution is 2.47. The van der Waals surface area contributed by atoms with Crippen molar-refractivity contribution in [3.63, 3.8) is 0 Å². The zero-order valence-electron chi connectivity index (χ0n) is 17.0. The molecule has 158 valence electrons.